The summed E-state index contributed by atoms with van der Waals surface area (Å²) in [5, 5.41) is 2.33. The van der Waals surface area contributed by atoms with E-state index in [0.29, 0.717) is 0 Å². The van der Waals surface area contributed by atoms with Crippen molar-refractivity contribution >= 4 is 17.6 Å². The predicted molar refractivity (Wildman–Crippen MR) is 70.7 cm³/mol. The van der Waals surface area contributed by atoms with Gasteiger partial charge in [-0.2, -0.15) is 0 Å². The van der Waals surface area contributed by atoms with Crippen LogP contribution in [0.1, 0.15) is 17.4 Å². The van der Waals surface area contributed by atoms with Crippen molar-refractivity contribution in [3.63, 3.8) is 0 Å². The highest BCUT2D eigenvalue weighted by Crippen LogP contribution is 2.14. The summed E-state index contributed by atoms with van der Waals surface area (Å²) in [6.45, 7) is 1.37. The first-order valence-electron chi connectivity index (χ1n) is 6.07. The number of benzene rings is 1. The molecule has 21 heavy (non-hydrogen) atoms. The van der Waals surface area contributed by atoms with Crippen LogP contribution in [-0.2, 0) is 9.53 Å². The summed E-state index contributed by atoms with van der Waals surface area (Å²) < 4.78 is 30.7. The Balaban J connectivity index is 1.96. The average molecular weight is 294 g/mol. The van der Waals surface area contributed by atoms with Gasteiger partial charge in [0.15, 0.2) is 17.7 Å². The molecule has 0 saturated heterocycles. The van der Waals surface area contributed by atoms with Crippen LogP contribution in [0.3, 0.4) is 0 Å². The highest BCUT2D eigenvalue weighted by molar-refractivity contribution is 5.96. The minimum absolute atomic E-state index is 0.0710. The quantitative estimate of drug-likeness (QED) is 0.851. The number of anilines is 1. The first kappa shape index (κ1) is 14.7. The Labute approximate surface area is 118 Å². The van der Waals surface area contributed by atoms with Crippen LogP contribution in [0, 0.1) is 11.6 Å². The minimum atomic E-state index is -1.09. The molecule has 0 spiro atoms. The van der Waals surface area contributed by atoms with E-state index in [9.17, 15) is 18.4 Å². The molecule has 0 saturated carbocycles. The van der Waals surface area contributed by atoms with Gasteiger partial charge in [-0.1, -0.05) is 0 Å². The molecular weight excluding hydrogens is 282 g/mol. The van der Waals surface area contributed by atoms with Crippen LogP contribution in [0.15, 0.2) is 36.5 Å². The van der Waals surface area contributed by atoms with Gasteiger partial charge in [0.2, 0.25) is 0 Å². The van der Waals surface area contributed by atoms with E-state index < -0.39 is 29.6 Å². The summed E-state index contributed by atoms with van der Waals surface area (Å²) in [6.07, 6.45) is 0.455. The van der Waals surface area contributed by atoms with Gasteiger partial charge < -0.3 is 15.0 Å². The summed E-state index contributed by atoms with van der Waals surface area (Å²) in [5.74, 6) is -3.43. The summed E-state index contributed by atoms with van der Waals surface area (Å²) >= 11 is 0. The molecule has 5 nitrogen and oxygen atoms in total. The van der Waals surface area contributed by atoms with Gasteiger partial charge in [0.1, 0.15) is 5.69 Å². The number of carbonyl (C=O) groups is 2. The zero-order chi connectivity index (χ0) is 15.4. The van der Waals surface area contributed by atoms with Crippen molar-refractivity contribution < 1.29 is 23.1 Å². The van der Waals surface area contributed by atoms with E-state index in [-0.39, 0.29) is 11.4 Å². The highest BCUT2D eigenvalue weighted by Gasteiger charge is 2.19. The van der Waals surface area contributed by atoms with Crippen LogP contribution in [0.25, 0.3) is 0 Å². The SMILES string of the molecule is C[C@@H](OC(=O)c1ccc[nH]1)C(=O)Nc1ccc(F)c(F)c1. The van der Waals surface area contributed by atoms with Crippen molar-refractivity contribution in [1.29, 1.82) is 0 Å². The minimum Gasteiger partial charge on any atom is -0.448 e. The largest absolute Gasteiger partial charge is 0.448 e. The molecule has 1 aromatic heterocycles. The maximum absolute atomic E-state index is 13.0. The Morgan fingerprint density at radius 3 is 2.62 bits per heavy atom. The van der Waals surface area contributed by atoms with Gasteiger partial charge >= 0.3 is 5.97 Å². The van der Waals surface area contributed by atoms with Crippen molar-refractivity contribution in [2.45, 2.75) is 13.0 Å². The zero-order valence-electron chi connectivity index (χ0n) is 11.0. The normalized spacial score (nSPS) is 11.8. The number of hydrogen-bond acceptors (Lipinski definition) is 3. The van der Waals surface area contributed by atoms with Crippen molar-refractivity contribution in [3.05, 3.63) is 53.9 Å². The maximum atomic E-state index is 13.0. The number of amides is 1. The Hall–Kier alpha value is -2.70. The van der Waals surface area contributed by atoms with E-state index in [4.69, 9.17) is 4.74 Å². The van der Waals surface area contributed by atoms with E-state index in [1.807, 2.05) is 0 Å². The van der Waals surface area contributed by atoms with Crippen LogP contribution in [-0.4, -0.2) is 23.0 Å². The fraction of sp³-hybridized carbons (Fsp3) is 0.143. The number of halogens is 2. The molecule has 0 bridgehead atoms. The van der Waals surface area contributed by atoms with Crippen molar-refractivity contribution in [1.82, 2.24) is 4.98 Å². The van der Waals surface area contributed by atoms with E-state index in [2.05, 4.69) is 10.3 Å². The standard InChI is InChI=1S/C14H12F2N2O3/c1-8(21-14(20)12-3-2-6-17-12)13(19)18-9-4-5-10(15)11(16)7-9/h2-8,17H,1H3,(H,18,19)/t8-/m1/s1. The molecule has 0 fully saturated rings. The molecule has 1 atom stereocenters. The topological polar surface area (TPSA) is 71.2 Å². The highest BCUT2D eigenvalue weighted by atomic mass is 19.2. The number of nitrogens with one attached hydrogen (secondary N) is 2. The van der Waals surface area contributed by atoms with E-state index in [1.54, 1.807) is 12.3 Å². The molecule has 110 valence electrons. The number of rotatable bonds is 4. The van der Waals surface area contributed by atoms with Crippen LogP contribution in [0.2, 0.25) is 0 Å². The van der Waals surface area contributed by atoms with Crippen LogP contribution in [0.4, 0.5) is 14.5 Å². The monoisotopic (exact) mass is 294 g/mol. The maximum Gasteiger partial charge on any atom is 0.355 e. The first-order chi connectivity index (χ1) is 9.97. The summed E-state index contributed by atoms with van der Waals surface area (Å²) in [6, 6.07) is 6.05. The lowest BCUT2D eigenvalue weighted by molar-refractivity contribution is -0.123. The molecule has 0 unspecified atom stereocenters. The Kier molecular flexibility index (Phi) is 4.32. The van der Waals surface area contributed by atoms with E-state index in [1.165, 1.54) is 19.1 Å². The third-order valence-corrected chi connectivity index (χ3v) is 2.66. The van der Waals surface area contributed by atoms with Crippen molar-refractivity contribution in [2.75, 3.05) is 5.32 Å². The third-order valence-electron chi connectivity index (χ3n) is 2.66. The van der Waals surface area contributed by atoms with Crippen LogP contribution in [0.5, 0.6) is 0 Å². The Morgan fingerprint density at radius 2 is 2.00 bits per heavy atom. The molecule has 2 rings (SSSR count). The molecule has 1 aromatic carbocycles. The van der Waals surface area contributed by atoms with Crippen LogP contribution < -0.4 is 5.32 Å². The second-order valence-electron chi connectivity index (χ2n) is 4.25. The number of esters is 1. The van der Waals surface area contributed by atoms with E-state index >= 15 is 0 Å². The fourth-order valence-electron chi connectivity index (χ4n) is 1.55. The molecule has 0 aliphatic heterocycles. The van der Waals surface area contributed by atoms with Crippen molar-refractivity contribution in [2.24, 2.45) is 0 Å². The molecule has 0 aliphatic rings. The van der Waals surface area contributed by atoms with Gasteiger partial charge in [0.25, 0.3) is 5.91 Å². The molecule has 0 aliphatic carbocycles. The van der Waals surface area contributed by atoms with Gasteiger partial charge in [-0.05, 0) is 31.2 Å². The molecule has 1 heterocycles. The summed E-state index contributed by atoms with van der Waals surface area (Å²) in [5.41, 5.74) is 0.282. The van der Waals surface area contributed by atoms with Crippen molar-refractivity contribution in [3.8, 4) is 0 Å². The summed E-state index contributed by atoms with van der Waals surface area (Å²) in [7, 11) is 0. The number of H-pyrrole nitrogens is 1. The number of hydrogen-bond donors (Lipinski definition) is 2. The smallest absolute Gasteiger partial charge is 0.355 e. The molecule has 1 amide bonds. The zero-order valence-corrected chi connectivity index (χ0v) is 11.0. The fourth-order valence-corrected chi connectivity index (χ4v) is 1.55. The lowest BCUT2D eigenvalue weighted by atomic mass is 10.2. The molecule has 0 radical (unpaired) electrons. The summed E-state index contributed by atoms with van der Waals surface area (Å²) in [4.78, 5) is 26.1. The van der Waals surface area contributed by atoms with Crippen LogP contribution >= 0.6 is 0 Å². The van der Waals surface area contributed by atoms with Gasteiger partial charge in [-0.15, -0.1) is 0 Å². The number of carbonyl (C=O) groups excluding carboxylic acids is 2. The Bertz CT molecular complexity index is 656. The second kappa shape index (κ2) is 6.17. The van der Waals surface area contributed by atoms with Gasteiger partial charge in [0.05, 0.1) is 0 Å². The lowest BCUT2D eigenvalue weighted by Gasteiger charge is -2.13. The number of ether oxygens (including phenoxy) is 1. The third kappa shape index (κ3) is 3.65. The predicted octanol–water partition coefficient (Wildman–Crippen LogP) is 2.48. The number of aromatic amines is 1. The van der Waals surface area contributed by atoms with Gasteiger partial charge in [-0.3, -0.25) is 4.79 Å². The van der Waals surface area contributed by atoms with E-state index in [0.717, 1.165) is 12.1 Å². The Morgan fingerprint density at radius 1 is 1.24 bits per heavy atom. The number of aromatic nitrogens is 1. The van der Waals surface area contributed by atoms with Gasteiger partial charge in [-0.25, -0.2) is 13.6 Å². The molecule has 7 heteroatoms. The average Bonchev–Trinajstić information content (AvgIpc) is 2.97. The first-order valence-corrected chi connectivity index (χ1v) is 6.07. The van der Waals surface area contributed by atoms with Gasteiger partial charge in [0, 0.05) is 18.0 Å². The molecule has 2 N–H and O–H groups in total. The second-order valence-corrected chi connectivity index (χ2v) is 4.25. The molecular formula is C14H12F2N2O3. The lowest BCUT2D eigenvalue weighted by Crippen LogP contribution is -2.30. The molecule has 2 aromatic rings.